The van der Waals surface area contributed by atoms with Gasteiger partial charge in [0, 0.05) is 0 Å². The quantitative estimate of drug-likeness (QED) is 0.512. The predicted octanol–water partition coefficient (Wildman–Crippen LogP) is -2.72. The maximum Gasteiger partial charge on any atom is -1.00 e. The molecule has 2 aromatic carbocycles. The molecule has 137 valence electrons. The summed E-state index contributed by atoms with van der Waals surface area (Å²) < 4.78 is 1.46. The Morgan fingerprint density at radius 3 is 2.33 bits per heavy atom. The maximum absolute atomic E-state index is 9.48. The first-order valence-corrected chi connectivity index (χ1v) is 10.0. The first-order chi connectivity index (χ1) is 12.1. The van der Waals surface area contributed by atoms with Crippen LogP contribution in [0.5, 0.6) is 0 Å². The summed E-state index contributed by atoms with van der Waals surface area (Å²) in [7, 11) is 0. The zero-order valence-electron chi connectivity index (χ0n) is 15.4. The average molecular weight is 476 g/mol. The average Bonchev–Trinajstić information content (AvgIpc) is 3.18. The van der Waals surface area contributed by atoms with Crippen LogP contribution in [0, 0.1) is 10.4 Å². The third kappa shape index (κ3) is 3.70. The molecule has 0 aromatic heterocycles. The summed E-state index contributed by atoms with van der Waals surface area (Å²) in [5.74, 6) is 0. The predicted molar refractivity (Wildman–Crippen MR) is 99.5 cm³/mol. The second kappa shape index (κ2) is 9.05. The van der Waals surface area contributed by atoms with Gasteiger partial charge in [-0.25, -0.2) is 0 Å². The van der Waals surface area contributed by atoms with Crippen molar-refractivity contribution in [3.05, 3.63) is 86.1 Å². The number of rotatable bonds is 3. The van der Waals surface area contributed by atoms with E-state index >= 15 is 0 Å². The minimum atomic E-state index is 0. The normalized spacial score (nSPS) is 13.9. The Bertz CT molecular complexity index is 1160. The van der Waals surface area contributed by atoms with E-state index in [4.69, 9.17) is 0 Å². The second-order valence-electron chi connectivity index (χ2n) is 6.92. The van der Waals surface area contributed by atoms with Crippen LogP contribution in [0.1, 0.15) is 37.8 Å². The van der Waals surface area contributed by atoms with Crippen LogP contribution in [0.4, 0.5) is 0 Å². The number of fused-ring (bicyclic) bond motifs is 2. The molecule has 4 rings (SSSR count). The fourth-order valence-corrected chi connectivity index (χ4v) is 5.23. The monoisotopic (exact) mass is 473 g/mol. The number of allylic oxidation sites excluding steroid dienone is 3. The topological polar surface area (TPSA) is 20.2 Å². The van der Waals surface area contributed by atoms with E-state index in [1.165, 1.54) is 76.7 Å². The van der Waals surface area contributed by atoms with Crippen LogP contribution in [0.2, 0.25) is 0 Å². The molecule has 0 heterocycles. The van der Waals surface area contributed by atoms with Crippen molar-refractivity contribution in [1.82, 2.24) is 0 Å². The zero-order chi connectivity index (χ0) is 17.6. The molecule has 2 aromatic rings. The van der Waals surface area contributed by atoms with Gasteiger partial charge >= 0.3 is 164 Å². The molecule has 0 radical (unpaired) electrons. The van der Waals surface area contributed by atoms with Crippen molar-refractivity contribution in [2.24, 2.45) is 0 Å². The molecule has 2 aliphatic carbocycles. The number of aliphatic hydroxyl groups excluding tert-OH is 1. The molecule has 0 saturated carbocycles. The number of aliphatic hydroxyl groups is 1. The van der Waals surface area contributed by atoms with Gasteiger partial charge in [-0.3, -0.25) is 0 Å². The fourth-order valence-electron chi connectivity index (χ4n) is 4.06. The van der Waals surface area contributed by atoms with Crippen LogP contribution in [-0.2, 0) is 24.7 Å². The van der Waals surface area contributed by atoms with Gasteiger partial charge in [-0.1, -0.05) is 0 Å². The molecule has 0 bridgehead atoms. The number of benzene rings is 2. The molecular weight excluding hydrogens is 454 g/mol. The molecular formula is C23H21Cl2OZr. The Balaban J connectivity index is 0.00000131. The Hall–Kier alpha value is -0.917. The van der Waals surface area contributed by atoms with E-state index in [9.17, 15) is 5.11 Å². The van der Waals surface area contributed by atoms with Crippen molar-refractivity contribution in [1.29, 1.82) is 0 Å². The van der Waals surface area contributed by atoms with Crippen molar-refractivity contribution in [3.63, 3.8) is 0 Å². The number of hydrogen-bond donors (Lipinski definition) is 1. The molecule has 0 spiro atoms. The fraction of sp³-hybridized carbons (Fsp3) is 0.217. The van der Waals surface area contributed by atoms with Gasteiger partial charge in [0.05, 0.1) is 0 Å². The SMILES string of the molecule is CC(C)=c1ccc2c(c1C1=C(CCO)C=CC1)[C]([Zr+2])=c1ccccc1=2.[Cl-].[Cl-]. The molecule has 0 amide bonds. The summed E-state index contributed by atoms with van der Waals surface area (Å²) in [6.07, 6.45) is 6.13. The molecule has 1 nitrogen and oxygen atoms in total. The van der Waals surface area contributed by atoms with Crippen LogP contribution in [-0.4, -0.2) is 11.7 Å². The van der Waals surface area contributed by atoms with Crippen molar-refractivity contribution >= 4 is 14.4 Å². The van der Waals surface area contributed by atoms with Gasteiger partial charge in [0.25, 0.3) is 0 Å². The van der Waals surface area contributed by atoms with Gasteiger partial charge in [-0.2, -0.15) is 0 Å². The van der Waals surface area contributed by atoms with Gasteiger partial charge in [0.2, 0.25) is 0 Å². The Kier molecular flexibility index (Phi) is 7.50. The van der Waals surface area contributed by atoms with E-state index in [1.807, 2.05) is 0 Å². The van der Waals surface area contributed by atoms with Crippen LogP contribution < -0.4 is 35.3 Å². The van der Waals surface area contributed by atoms with E-state index in [0.717, 1.165) is 12.8 Å². The summed E-state index contributed by atoms with van der Waals surface area (Å²) in [5, 5.41) is 14.9. The Morgan fingerprint density at radius 2 is 1.67 bits per heavy atom. The summed E-state index contributed by atoms with van der Waals surface area (Å²) in [4.78, 5) is 0. The van der Waals surface area contributed by atoms with E-state index < -0.39 is 0 Å². The number of hydrogen-bond acceptors (Lipinski definition) is 1. The van der Waals surface area contributed by atoms with Crippen molar-refractivity contribution in [3.8, 4) is 0 Å². The van der Waals surface area contributed by atoms with Crippen LogP contribution in [0.25, 0.3) is 14.4 Å². The molecule has 2 aliphatic rings. The molecule has 4 heteroatoms. The van der Waals surface area contributed by atoms with Crippen molar-refractivity contribution in [2.75, 3.05) is 6.61 Å². The second-order valence-corrected chi connectivity index (χ2v) is 8.14. The van der Waals surface area contributed by atoms with Gasteiger partial charge in [0.15, 0.2) is 0 Å². The summed E-state index contributed by atoms with van der Waals surface area (Å²) in [6, 6.07) is 13.4. The molecule has 0 saturated heterocycles. The Morgan fingerprint density at radius 1 is 0.963 bits per heavy atom. The van der Waals surface area contributed by atoms with Gasteiger partial charge in [0.1, 0.15) is 0 Å². The first kappa shape index (κ1) is 22.4. The van der Waals surface area contributed by atoms with E-state index in [-0.39, 0.29) is 31.4 Å². The number of halogens is 2. The van der Waals surface area contributed by atoms with E-state index in [0.29, 0.717) is 0 Å². The minimum absolute atomic E-state index is 0. The summed E-state index contributed by atoms with van der Waals surface area (Å²) >= 11 is 1.46. The van der Waals surface area contributed by atoms with E-state index in [2.05, 4.69) is 62.4 Å². The van der Waals surface area contributed by atoms with Crippen LogP contribution in [0.3, 0.4) is 0 Å². The molecule has 0 fully saturated rings. The first-order valence-electron chi connectivity index (χ1n) is 8.79. The van der Waals surface area contributed by atoms with Gasteiger partial charge in [-0.15, -0.1) is 0 Å². The van der Waals surface area contributed by atoms with E-state index in [1.54, 1.807) is 0 Å². The van der Waals surface area contributed by atoms with Crippen molar-refractivity contribution in [2.45, 2.75) is 26.7 Å². The molecule has 0 aliphatic heterocycles. The summed E-state index contributed by atoms with van der Waals surface area (Å²) in [6.45, 7) is 4.60. The molecule has 0 atom stereocenters. The van der Waals surface area contributed by atoms with Crippen LogP contribution in [0.15, 0.2) is 54.1 Å². The summed E-state index contributed by atoms with van der Waals surface area (Å²) in [5.41, 5.74) is 6.86. The molecule has 0 unspecified atom stereocenters. The molecule has 27 heavy (non-hydrogen) atoms. The zero-order valence-corrected chi connectivity index (χ0v) is 19.4. The van der Waals surface area contributed by atoms with Gasteiger partial charge in [-0.05, 0) is 0 Å². The standard InChI is InChI=1S/C23H21O.2ClH.Zr/c1-15(2)18-10-11-21-19-8-4-3-6-17(19)14-22(21)23(18)20-9-5-7-16(20)12-13-24;;;/h3-8,10-11,24H,9,12-13H2,1-2H3;2*1H;/q;;;+2/p-2. The third-order valence-corrected chi connectivity index (χ3v) is 6.47. The third-order valence-electron chi connectivity index (χ3n) is 5.19. The smallest absolute Gasteiger partial charge is 1.00 e. The van der Waals surface area contributed by atoms with Crippen LogP contribution >= 0.6 is 0 Å². The largest absolute Gasteiger partial charge is 1.00 e. The Labute approximate surface area is 187 Å². The molecule has 1 N–H and O–H groups in total. The maximum atomic E-state index is 9.48. The minimum Gasteiger partial charge on any atom is -1.00 e. The van der Waals surface area contributed by atoms with Gasteiger partial charge < -0.3 is 24.8 Å². The van der Waals surface area contributed by atoms with Crippen molar-refractivity contribution < 1.29 is 54.6 Å².